The predicted octanol–water partition coefficient (Wildman–Crippen LogP) is 2.17. The molecule has 0 saturated carbocycles. The number of aromatic amines is 1. The second kappa shape index (κ2) is 5.16. The van der Waals surface area contributed by atoms with Gasteiger partial charge in [-0.1, -0.05) is 0 Å². The predicted molar refractivity (Wildman–Crippen MR) is 81.4 cm³/mol. The van der Waals surface area contributed by atoms with Gasteiger partial charge in [-0.15, -0.1) is 10.2 Å². The van der Waals surface area contributed by atoms with E-state index in [1.54, 1.807) is 0 Å². The Balaban J connectivity index is 1.76. The van der Waals surface area contributed by atoms with E-state index < -0.39 is 0 Å². The van der Waals surface area contributed by atoms with E-state index in [1.165, 1.54) is 36.9 Å². The molecule has 0 radical (unpaired) electrons. The van der Waals surface area contributed by atoms with Crippen LogP contribution in [0.15, 0.2) is 0 Å². The van der Waals surface area contributed by atoms with Crippen LogP contribution in [0, 0.1) is 0 Å². The number of H-pyrrole nitrogens is 1. The van der Waals surface area contributed by atoms with Crippen molar-refractivity contribution in [1.29, 1.82) is 0 Å². The SMILES string of the molecule is CCn1c(-c2n[nH]c3c2CCCC3)nnc1N1CCCC1. The first-order valence-electron chi connectivity index (χ1n) is 8.13. The van der Waals surface area contributed by atoms with Crippen LogP contribution in [0.3, 0.4) is 0 Å². The maximum atomic E-state index is 4.55. The molecule has 1 saturated heterocycles. The number of aromatic nitrogens is 5. The Morgan fingerprint density at radius 3 is 2.67 bits per heavy atom. The molecule has 2 aromatic rings. The summed E-state index contributed by atoms with van der Waals surface area (Å²) in [7, 11) is 0. The third-order valence-electron chi connectivity index (χ3n) is 4.70. The fourth-order valence-electron chi connectivity index (χ4n) is 3.58. The molecule has 1 fully saturated rings. The topological polar surface area (TPSA) is 62.6 Å². The van der Waals surface area contributed by atoms with Crippen LogP contribution in [-0.4, -0.2) is 38.1 Å². The summed E-state index contributed by atoms with van der Waals surface area (Å²) < 4.78 is 2.22. The Kier molecular flexibility index (Phi) is 3.16. The van der Waals surface area contributed by atoms with E-state index in [4.69, 9.17) is 0 Å². The molecule has 2 aliphatic rings. The molecule has 112 valence electrons. The zero-order chi connectivity index (χ0) is 14.2. The molecule has 1 aliphatic carbocycles. The summed E-state index contributed by atoms with van der Waals surface area (Å²) in [6.07, 6.45) is 7.23. The van der Waals surface area contributed by atoms with E-state index in [9.17, 15) is 0 Å². The van der Waals surface area contributed by atoms with Crippen molar-refractivity contribution in [1.82, 2.24) is 25.0 Å². The third-order valence-corrected chi connectivity index (χ3v) is 4.70. The lowest BCUT2D eigenvalue weighted by atomic mass is 9.96. The highest BCUT2D eigenvalue weighted by atomic mass is 15.4. The summed E-state index contributed by atoms with van der Waals surface area (Å²) in [4.78, 5) is 2.35. The number of aryl methyl sites for hydroxylation is 1. The molecular formula is C15H22N6. The molecule has 3 heterocycles. The quantitative estimate of drug-likeness (QED) is 0.939. The molecule has 6 nitrogen and oxygen atoms in total. The molecule has 0 spiro atoms. The molecule has 1 aliphatic heterocycles. The van der Waals surface area contributed by atoms with Gasteiger partial charge in [0.15, 0.2) is 5.82 Å². The second-order valence-corrected chi connectivity index (χ2v) is 6.00. The number of hydrogen-bond acceptors (Lipinski definition) is 4. The second-order valence-electron chi connectivity index (χ2n) is 6.00. The van der Waals surface area contributed by atoms with Gasteiger partial charge >= 0.3 is 0 Å². The number of nitrogens with zero attached hydrogens (tertiary/aromatic N) is 5. The van der Waals surface area contributed by atoms with Crippen LogP contribution >= 0.6 is 0 Å². The van der Waals surface area contributed by atoms with Crippen LogP contribution in [0.4, 0.5) is 5.95 Å². The van der Waals surface area contributed by atoms with E-state index in [1.807, 2.05) is 0 Å². The van der Waals surface area contributed by atoms with Gasteiger partial charge < -0.3 is 4.90 Å². The molecule has 1 N–H and O–H groups in total. The third kappa shape index (κ3) is 2.04. The van der Waals surface area contributed by atoms with Gasteiger partial charge in [0.2, 0.25) is 5.95 Å². The average molecular weight is 286 g/mol. The van der Waals surface area contributed by atoms with Crippen molar-refractivity contribution < 1.29 is 0 Å². The minimum absolute atomic E-state index is 0.885. The Hall–Kier alpha value is -1.85. The van der Waals surface area contributed by atoms with Crippen molar-refractivity contribution in [3.8, 4) is 11.5 Å². The maximum absolute atomic E-state index is 4.55. The maximum Gasteiger partial charge on any atom is 0.227 e. The number of fused-ring (bicyclic) bond motifs is 1. The molecule has 6 heteroatoms. The van der Waals surface area contributed by atoms with Crippen LogP contribution < -0.4 is 4.90 Å². The summed E-state index contributed by atoms with van der Waals surface area (Å²) >= 11 is 0. The van der Waals surface area contributed by atoms with Crippen molar-refractivity contribution in [2.45, 2.75) is 52.0 Å². The minimum atomic E-state index is 0.885. The molecule has 0 atom stereocenters. The summed E-state index contributed by atoms with van der Waals surface area (Å²) in [5.41, 5.74) is 3.67. The standard InChI is InChI=1S/C15H22N6/c1-2-21-14(18-19-15(21)20-9-5-6-10-20)13-11-7-3-4-8-12(11)16-17-13/h2-10H2,1H3,(H,16,17). The van der Waals surface area contributed by atoms with Crippen molar-refractivity contribution >= 4 is 5.95 Å². The van der Waals surface area contributed by atoms with Crippen molar-refractivity contribution in [2.24, 2.45) is 0 Å². The fraction of sp³-hybridized carbons (Fsp3) is 0.667. The van der Waals surface area contributed by atoms with E-state index in [0.717, 1.165) is 49.9 Å². The van der Waals surface area contributed by atoms with Gasteiger partial charge in [-0.3, -0.25) is 9.67 Å². The van der Waals surface area contributed by atoms with Gasteiger partial charge in [-0.2, -0.15) is 5.10 Å². The highest BCUT2D eigenvalue weighted by Crippen LogP contribution is 2.30. The van der Waals surface area contributed by atoms with Crippen molar-refractivity contribution in [3.05, 3.63) is 11.3 Å². The Labute approximate surface area is 124 Å². The van der Waals surface area contributed by atoms with E-state index in [2.05, 4.69) is 36.8 Å². The molecule has 2 aromatic heterocycles. The van der Waals surface area contributed by atoms with Gasteiger partial charge in [0, 0.05) is 30.9 Å². The van der Waals surface area contributed by atoms with Crippen LogP contribution in [0.2, 0.25) is 0 Å². The molecule has 0 unspecified atom stereocenters. The van der Waals surface area contributed by atoms with Crippen LogP contribution in [0.1, 0.15) is 43.9 Å². The van der Waals surface area contributed by atoms with Gasteiger partial charge in [-0.25, -0.2) is 0 Å². The highest BCUT2D eigenvalue weighted by Gasteiger charge is 2.25. The number of rotatable bonds is 3. The van der Waals surface area contributed by atoms with Crippen molar-refractivity contribution in [2.75, 3.05) is 18.0 Å². The van der Waals surface area contributed by atoms with Crippen LogP contribution in [0.5, 0.6) is 0 Å². The molecule has 4 rings (SSSR count). The lowest BCUT2D eigenvalue weighted by Gasteiger charge is -2.17. The van der Waals surface area contributed by atoms with Crippen LogP contribution in [-0.2, 0) is 19.4 Å². The largest absolute Gasteiger partial charge is 0.341 e. The first-order chi connectivity index (χ1) is 10.4. The fourth-order valence-corrected chi connectivity index (χ4v) is 3.58. The minimum Gasteiger partial charge on any atom is -0.341 e. The summed E-state index contributed by atoms with van der Waals surface area (Å²) in [6.45, 7) is 5.23. The van der Waals surface area contributed by atoms with Gasteiger partial charge in [0.1, 0.15) is 5.69 Å². The molecular weight excluding hydrogens is 264 g/mol. The number of anilines is 1. The lowest BCUT2D eigenvalue weighted by molar-refractivity contribution is 0.674. The first-order valence-corrected chi connectivity index (χ1v) is 8.13. The Bertz CT molecular complexity index is 635. The molecule has 0 bridgehead atoms. The molecule has 0 aromatic carbocycles. The summed E-state index contributed by atoms with van der Waals surface area (Å²) in [5, 5.41) is 16.7. The average Bonchev–Trinajstić information content (AvgIpc) is 3.24. The zero-order valence-electron chi connectivity index (χ0n) is 12.6. The molecule has 21 heavy (non-hydrogen) atoms. The van der Waals surface area contributed by atoms with Gasteiger partial charge in [0.05, 0.1) is 0 Å². The highest BCUT2D eigenvalue weighted by molar-refractivity contribution is 5.59. The van der Waals surface area contributed by atoms with Gasteiger partial charge in [0.25, 0.3) is 0 Å². The Morgan fingerprint density at radius 1 is 1.05 bits per heavy atom. The first kappa shape index (κ1) is 12.9. The molecule has 0 amide bonds. The smallest absolute Gasteiger partial charge is 0.227 e. The van der Waals surface area contributed by atoms with Crippen LogP contribution in [0.25, 0.3) is 11.5 Å². The lowest BCUT2D eigenvalue weighted by Crippen LogP contribution is -2.22. The van der Waals surface area contributed by atoms with Crippen molar-refractivity contribution in [3.63, 3.8) is 0 Å². The summed E-state index contributed by atoms with van der Waals surface area (Å²) in [5.74, 6) is 1.94. The zero-order valence-corrected chi connectivity index (χ0v) is 12.6. The Morgan fingerprint density at radius 2 is 1.86 bits per heavy atom. The normalized spacial score (nSPS) is 18.2. The monoisotopic (exact) mass is 286 g/mol. The van der Waals surface area contributed by atoms with E-state index >= 15 is 0 Å². The van der Waals surface area contributed by atoms with Gasteiger partial charge in [-0.05, 0) is 45.4 Å². The number of hydrogen-bond donors (Lipinski definition) is 1. The number of nitrogens with one attached hydrogen (secondary N) is 1. The van der Waals surface area contributed by atoms with E-state index in [0.29, 0.717) is 0 Å². The summed E-state index contributed by atoms with van der Waals surface area (Å²) in [6, 6.07) is 0. The van der Waals surface area contributed by atoms with E-state index in [-0.39, 0.29) is 0 Å².